The van der Waals surface area contributed by atoms with Gasteiger partial charge in [-0.05, 0) is 103 Å². The van der Waals surface area contributed by atoms with Crippen molar-refractivity contribution in [1.29, 1.82) is 0 Å². The van der Waals surface area contributed by atoms with E-state index in [1.165, 1.54) is 111 Å². The Morgan fingerprint density at radius 3 is 2.27 bits per heavy atom. The van der Waals surface area contributed by atoms with E-state index in [9.17, 15) is 0 Å². The topological polar surface area (TPSA) is 17.0 Å². The lowest BCUT2D eigenvalue weighted by molar-refractivity contribution is 0.596. The zero-order valence-electron chi connectivity index (χ0n) is 32.0. The predicted octanol–water partition coefficient (Wildman–Crippen LogP) is 13.2. The minimum atomic E-state index is -0.114. The summed E-state index contributed by atoms with van der Waals surface area (Å²) in [5.74, 6) is 0. The molecule has 0 aliphatic carbocycles. The van der Waals surface area contributed by atoms with E-state index in [1.54, 1.807) is 0 Å². The molecular formula is C51H44BN2S. The number of benzene rings is 7. The van der Waals surface area contributed by atoms with Crippen LogP contribution in [-0.4, -0.2) is 11.8 Å². The van der Waals surface area contributed by atoms with Gasteiger partial charge in [-0.25, -0.2) is 0 Å². The zero-order chi connectivity index (χ0) is 37.3. The normalized spacial score (nSPS) is 12.4. The van der Waals surface area contributed by atoms with Gasteiger partial charge in [0.2, 0.25) is 7.28 Å². The highest BCUT2D eigenvalue weighted by molar-refractivity contribution is 7.29. The third-order valence-corrected chi connectivity index (χ3v) is 12.7. The zero-order valence-corrected chi connectivity index (χ0v) is 32.9. The molecule has 0 saturated carbocycles. The minimum Gasteiger partial charge on any atom is -0.355 e. The smallest absolute Gasteiger partial charge is 0.211 e. The van der Waals surface area contributed by atoms with E-state index >= 15 is 0 Å². The molecule has 1 radical (unpaired) electrons. The summed E-state index contributed by atoms with van der Waals surface area (Å²) in [6.07, 6.45) is 4.90. The molecule has 9 aromatic rings. The lowest BCUT2D eigenvalue weighted by Gasteiger charge is -2.27. The van der Waals surface area contributed by atoms with Crippen molar-refractivity contribution in [3.63, 3.8) is 0 Å². The molecule has 0 unspecified atom stereocenters. The van der Waals surface area contributed by atoms with Gasteiger partial charge in [0, 0.05) is 43.3 Å². The number of unbranched alkanes of at least 4 members (excludes halogenated alkanes) is 2. The summed E-state index contributed by atoms with van der Waals surface area (Å²) in [6, 6.07) is 51.9. The Balaban J connectivity index is 1.25. The van der Waals surface area contributed by atoms with Gasteiger partial charge in [-0.3, -0.25) is 0 Å². The number of aromatic nitrogens is 1. The van der Waals surface area contributed by atoms with Gasteiger partial charge >= 0.3 is 0 Å². The van der Waals surface area contributed by atoms with Gasteiger partial charge in [0.1, 0.15) is 0 Å². The molecule has 7 aromatic carbocycles. The number of hydrogen-bond acceptors (Lipinski definition) is 2. The van der Waals surface area contributed by atoms with Crippen LogP contribution in [-0.2, 0) is 11.8 Å². The summed E-state index contributed by atoms with van der Waals surface area (Å²) < 4.78 is 5.23. The monoisotopic (exact) mass is 727 g/mol. The minimum absolute atomic E-state index is 0.114. The van der Waals surface area contributed by atoms with Crippen molar-refractivity contribution in [1.82, 2.24) is 4.57 Å². The van der Waals surface area contributed by atoms with Crippen LogP contribution in [0.15, 0.2) is 140 Å². The van der Waals surface area contributed by atoms with E-state index in [2.05, 4.69) is 184 Å². The van der Waals surface area contributed by atoms with Crippen LogP contribution in [0.3, 0.4) is 0 Å². The lowest BCUT2D eigenvalue weighted by Crippen LogP contribution is -2.36. The Hall–Kier alpha value is -5.58. The largest absolute Gasteiger partial charge is 0.355 e. The Morgan fingerprint density at radius 2 is 1.45 bits per heavy atom. The van der Waals surface area contributed by atoms with Crippen LogP contribution in [0.4, 0.5) is 11.4 Å². The molecule has 267 valence electrons. The van der Waals surface area contributed by atoms with Crippen molar-refractivity contribution in [2.24, 2.45) is 0 Å². The first kappa shape index (κ1) is 34.0. The van der Waals surface area contributed by atoms with Gasteiger partial charge in [0.15, 0.2) is 0 Å². The molecule has 0 amide bonds. The molecule has 1 N–H and O–H groups in total. The lowest BCUT2D eigenvalue weighted by atomic mass is 9.62. The molecule has 1 aliphatic rings. The molecule has 0 atom stereocenters. The van der Waals surface area contributed by atoms with Gasteiger partial charge in [0.05, 0.1) is 11.2 Å². The van der Waals surface area contributed by atoms with Crippen LogP contribution in [0, 0.1) is 0 Å². The van der Waals surface area contributed by atoms with Crippen molar-refractivity contribution in [2.45, 2.75) is 58.8 Å². The molecule has 55 heavy (non-hydrogen) atoms. The van der Waals surface area contributed by atoms with E-state index in [0.717, 1.165) is 17.8 Å². The van der Waals surface area contributed by atoms with Crippen molar-refractivity contribution < 1.29 is 0 Å². The second kappa shape index (κ2) is 13.3. The molecule has 10 rings (SSSR count). The van der Waals surface area contributed by atoms with Crippen molar-refractivity contribution in [2.75, 3.05) is 5.32 Å². The van der Waals surface area contributed by atoms with Gasteiger partial charge in [-0.2, -0.15) is 0 Å². The Labute approximate surface area is 328 Å². The van der Waals surface area contributed by atoms with E-state index in [0.29, 0.717) is 0 Å². The molecule has 0 fully saturated rings. The van der Waals surface area contributed by atoms with Crippen LogP contribution in [0.5, 0.6) is 0 Å². The number of anilines is 2. The van der Waals surface area contributed by atoms with E-state index < -0.39 is 0 Å². The number of nitrogens with zero attached hydrogens (tertiary/aromatic N) is 1. The molecule has 4 heteroatoms. The van der Waals surface area contributed by atoms with Crippen LogP contribution < -0.4 is 15.6 Å². The number of aryl methyl sites for hydroxylation is 1. The van der Waals surface area contributed by atoms with Crippen molar-refractivity contribution in [3.8, 4) is 27.9 Å². The van der Waals surface area contributed by atoms with E-state index in [4.69, 9.17) is 0 Å². The van der Waals surface area contributed by atoms with Crippen molar-refractivity contribution >= 4 is 82.9 Å². The van der Waals surface area contributed by atoms with Gasteiger partial charge < -0.3 is 9.88 Å². The molecule has 2 aromatic heterocycles. The third kappa shape index (κ3) is 5.69. The number of thiophene rings is 1. The van der Waals surface area contributed by atoms with E-state index in [-0.39, 0.29) is 5.41 Å². The van der Waals surface area contributed by atoms with E-state index in [1.807, 2.05) is 11.3 Å². The third-order valence-electron chi connectivity index (χ3n) is 11.6. The summed E-state index contributed by atoms with van der Waals surface area (Å²) in [7, 11) is 2.50. The highest BCUT2D eigenvalue weighted by Crippen LogP contribution is 2.46. The first-order valence-electron chi connectivity index (χ1n) is 19.8. The van der Waals surface area contributed by atoms with Crippen LogP contribution in [0.2, 0.25) is 0 Å². The Kier molecular flexibility index (Phi) is 8.22. The number of rotatable bonds is 8. The highest BCUT2D eigenvalue weighted by atomic mass is 32.1. The maximum absolute atomic E-state index is 3.85. The first-order chi connectivity index (χ1) is 26.9. The fourth-order valence-electron chi connectivity index (χ4n) is 8.88. The molecular weight excluding hydrogens is 683 g/mol. The van der Waals surface area contributed by atoms with Gasteiger partial charge in [-0.1, -0.05) is 144 Å². The standard InChI is InChI=1S/C51H44BN2S/c1-5-6-8-15-32-22-26-36(27-23-32)53-42-21-14-13-20-38(42)39-31-41(51(2,3)4)46-45-37-19-12-11-18-34(37)24-28-43(45)54-48-40-30-35(33-16-9-7-10-17-33)25-29-44(40)55-50(48)52-47(39)49(46)54/h7,9-14,16-31,53H,5-6,8,15H2,1-4H3. The second-order valence-corrected chi connectivity index (χ2v) is 17.3. The number of nitrogens with one attached hydrogen (secondary N) is 1. The summed E-state index contributed by atoms with van der Waals surface area (Å²) in [5.41, 5.74) is 15.0. The maximum atomic E-state index is 3.85. The van der Waals surface area contributed by atoms with Crippen LogP contribution in [0.25, 0.3) is 70.6 Å². The number of para-hydroxylation sites is 1. The fourth-order valence-corrected chi connectivity index (χ4v) is 9.99. The van der Waals surface area contributed by atoms with Crippen LogP contribution >= 0.6 is 11.3 Å². The number of fused-ring (bicyclic) bond motifs is 9. The number of hydrogen-bond donors (Lipinski definition) is 1. The average molecular weight is 728 g/mol. The van der Waals surface area contributed by atoms with Gasteiger partial charge in [0.25, 0.3) is 0 Å². The SMILES string of the molecule is CCCCCc1ccc(Nc2ccccc2-c2cc(C(C)(C)C)c3c4c5ccccc5ccc4n4c3c2[B]c2sc3ccc(-c5ccccc5)cc3c2-4)cc1. The summed E-state index contributed by atoms with van der Waals surface area (Å²) in [5, 5.41) is 10.4. The average Bonchev–Trinajstić information content (AvgIpc) is 3.75. The Bertz CT molecular complexity index is 2910. The second-order valence-electron chi connectivity index (χ2n) is 16.2. The highest BCUT2D eigenvalue weighted by Gasteiger charge is 2.33. The molecule has 0 bridgehead atoms. The molecule has 3 heterocycles. The van der Waals surface area contributed by atoms with Crippen LogP contribution in [0.1, 0.15) is 58.1 Å². The molecule has 1 aliphatic heterocycles. The molecule has 0 saturated heterocycles. The maximum Gasteiger partial charge on any atom is 0.211 e. The Morgan fingerprint density at radius 1 is 0.673 bits per heavy atom. The molecule has 0 spiro atoms. The van der Waals surface area contributed by atoms with Gasteiger partial charge in [-0.15, -0.1) is 11.3 Å². The predicted molar refractivity (Wildman–Crippen MR) is 241 cm³/mol. The summed E-state index contributed by atoms with van der Waals surface area (Å²) in [6.45, 7) is 9.39. The summed E-state index contributed by atoms with van der Waals surface area (Å²) >= 11 is 1.90. The van der Waals surface area contributed by atoms with Crippen molar-refractivity contribution in [3.05, 3.63) is 151 Å². The fraction of sp³-hybridized carbons (Fsp3) is 0.176. The quantitative estimate of drug-likeness (QED) is 0.122. The first-order valence-corrected chi connectivity index (χ1v) is 20.6. The molecule has 2 nitrogen and oxygen atoms in total. The summed E-state index contributed by atoms with van der Waals surface area (Å²) in [4.78, 5) is 0.